The van der Waals surface area contributed by atoms with E-state index in [0.717, 1.165) is 12.3 Å². The van der Waals surface area contributed by atoms with Crippen LogP contribution in [0.1, 0.15) is 12.6 Å². The van der Waals surface area contributed by atoms with Crippen molar-refractivity contribution in [2.75, 3.05) is 6.61 Å². The van der Waals surface area contributed by atoms with Gasteiger partial charge in [-0.1, -0.05) is 0 Å². The van der Waals surface area contributed by atoms with Crippen LogP contribution in [0, 0.1) is 0 Å². The Morgan fingerprint density at radius 3 is 2.90 bits per heavy atom. The fraction of sp³-hybridized carbons (Fsp3) is 0.571. The molecule has 1 aromatic heterocycles. The van der Waals surface area contributed by atoms with E-state index in [0.29, 0.717) is 0 Å². The summed E-state index contributed by atoms with van der Waals surface area (Å²) in [5, 5.41) is 4.24. The van der Waals surface area contributed by atoms with Crippen molar-refractivity contribution in [1.82, 2.24) is 9.78 Å². The second kappa shape index (κ2) is 1.61. The number of ether oxygens (including phenoxy) is 1. The lowest BCUT2D eigenvalue weighted by Gasteiger charge is -1.96. The Kier molecular flexibility index (Phi) is 0.951. The fourth-order valence-corrected chi connectivity index (χ4v) is 0.953. The van der Waals surface area contributed by atoms with E-state index in [9.17, 15) is 0 Å². The Labute approximate surface area is 59.6 Å². The lowest BCUT2D eigenvalue weighted by molar-refractivity contribution is 0.322. The van der Waals surface area contributed by atoms with Gasteiger partial charge in [-0.05, 0) is 13.0 Å². The number of nitrogens with zero attached hydrogens (tertiary/aromatic N) is 2. The third kappa shape index (κ3) is 0.743. The third-order valence-electron chi connectivity index (χ3n) is 1.83. The van der Waals surface area contributed by atoms with Crippen LogP contribution in [-0.4, -0.2) is 16.4 Å². The van der Waals surface area contributed by atoms with Gasteiger partial charge in [0.1, 0.15) is 5.60 Å². The van der Waals surface area contributed by atoms with Gasteiger partial charge in [0, 0.05) is 13.2 Å². The average Bonchev–Trinajstić information content (AvgIpc) is 2.45. The molecule has 1 aliphatic rings. The number of aromatic nitrogens is 2. The first-order chi connectivity index (χ1) is 4.71. The van der Waals surface area contributed by atoms with Crippen molar-refractivity contribution in [1.29, 1.82) is 0 Å². The van der Waals surface area contributed by atoms with Crippen molar-refractivity contribution in [2.24, 2.45) is 7.05 Å². The molecule has 0 N–H and O–H groups in total. The van der Waals surface area contributed by atoms with Gasteiger partial charge in [-0.25, -0.2) is 0 Å². The first-order valence-electron chi connectivity index (χ1n) is 3.35. The summed E-state index contributed by atoms with van der Waals surface area (Å²) >= 11 is 0. The maximum atomic E-state index is 5.22. The van der Waals surface area contributed by atoms with E-state index in [1.54, 1.807) is 4.68 Å². The van der Waals surface area contributed by atoms with E-state index in [2.05, 4.69) is 12.0 Å². The maximum absolute atomic E-state index is 5.22. The van der Waals surface area contributed by atoms with Crippen molar-refractivity contribution in [3.63, 3.8) is 0 Å². The maximum Gasteiger partial charge on any atom is 0.132 e. The fourth-order valence-electron chi connectivity index (χ4n) is 0.953. The highest BCUT2D eigenvalue weighted by molar-refractivity contribution is 5.14. The zero-order valence-corrected chi connectivity index (χ0v) is 6.16. The molecule has 1 aromatic rings. The van der Waals surface area contributed by atoms with Crippen LogP contribution in [-0.2, 0) is 17.4 Å². The highest BCUT2D eigenvalue weighted by atomic mass is 16.6. The molecule has 0 aromatic carbocycles. The van der Waals surface area contributed by atoms with E-state index < -0.39 is 0 Å². The SMILES string of the molecule is Cn1ccc(C2(C)CO2)n1. The molecule has 0 saturated carbocycles. The minimum Gasteiger partial charge on any atom is -0.363 e. The summed E-state index contributed by atoms with van der Waals surface area (Å²) in [5.74, 6) is 0. The van der Waals surface area contributed by atoms with Crippen LogP contribution in [0.25, 0.3) is 0 Å². The summed E-state index contributed by atoms with van der Waals surface area (Å²) in [7, 11) is 1.91. The van der Waals surface area contributed by atoms with Gasteiger partial charge in [-0.3, -0.25) is 4.68 Å². The molecular weight excluding hydrogens is 128 g/mol. The molecule has 0 aliphatic carbocycles. The topological polar surface area (TPSA) is 30.4 Å². The monoisotopic (exact) mass is 138 g/mol. The van der Waals surface area contributed by atoms with Gasteiger partial charge >= 0.3 is 0 Å². The Morgan fingerprint density at radius 1 is 1.80 bits per heavy atom. The predicted molar refractivity (Wildman–Crippen MR) is 36.5 cm³/mol. The first kappa shape index (κ1) is 5.92. The molecule has 0 spiro atoms. The number of hydrogen-bond acceptors (Lipinski definition) is 2. The molecule has 3 heteroatoms. The van der Waals surface area contributed by atoms with Crippen molar-refractivity contribution in [3.8, 4) is 0 Å². The molecule has 3 nitrogen and oxygen atoms in total. The first-order valence-corrected chi connectivity index (χ1v) is 3.35. The molecule has 1 atom stereocenters. The van der Waals surface area contributed by atoms with Crippen molar-refractivity contribution < 1.29 is 4.74 Å². The molecule has 1 unspecified atom stereocenters. The van der Waals surface area contributed by atoms with Crippen LogP contribution in [0.15, 0.2) is 12.3 Å². The summed E-state index contributed by atoms with van der Waals surface area (Å²) < 4.78 is 7.01. The van der Waals surface area contributed by atoms with Crippen LogP contribution in [0.3, 0.4) is 0 Å². The summed E-state index contributed by atoms with van der Waals surface area (Å²) in [4.78, 5) is 0. The highest BCUT2D eigenvalue weighted by Crippen LogP contribution is 2.36. The third-order valence-corrected chi connectivity index (χ3v) is 1.83. The van der Waals surface area contributed by atoms with Crippen molar-refractivity contribution in [2.45, 2.75) is 12.5 Å². The molecule has 54 valence electrons. The summed E-state index contributed by atoms with van der Waals surface area (Å²) in [6, 6.07) is 1.99. The standard InChI is InChI=1S/C7H10N2O/c1-7(5-10-7)6-3-4-9(2)8-6/h3-4H,5H2,1-2H3. The lowest BCUT2D eigenvalue weighted by atomic mass is 10.1. The van der Waals surface area contributed by atoms with E-state index in [-0.39, 0.29) is 5.60 Å². The van der Waals surface area contributed by atoms with E-state index in [1.807, 2.05) is 19.3 Å². The number of aryl methyl sites for hydroxylation is 1. The average molecular weight is 138 g/mol. The molecule has 10 heavy (non-hydrogen) atoms. The van der Waals surface area contributed by atoms with Gasteiger partial charge in [-0.15, -0.1) is 0 Å². The molecule has 2 heterocycles. The van der Waals surface area contributed by atoms with E-state index in [4.69, 9.17) is 4.74 Å². The summed E-state index contributed by atoms with van der Waals surface area (Å²) in [5.41, 5.74) is 0.969. The minimum absolute atomic E-state index is 0.0682. The lowest BCUT2D eigenvalue weighted by Crippen LogP contribution is -2.03. The zero-order chi connectivity index (χ0) is 7.19. The number of epoxide rings is 1. The van der Waals surface area contributed by atoms with Crippen molar-refractivity contribution in [3.05, 3.63) is 18.0 Å². The molecule has 0 bridgehead atoms. The number of hydrogen-bond donors (Lipinski definition) is 0. The van der Waals surface area contributed by atoms with Crippen LogP contribution >= 0.6 is 0 Å². The molecule has 0 radical (unpaired) electrons. The Morgan fingerprint density at radius 2 is 2.50 bits per heavy atom. The van der Waals surface area contributed by atoms with Gasteiger partial charge in [0.05, 0.1) is 12.3 Å². The largest absolute Gasteiger partial charge is 0.363 e. The van der Waals surface area contributed by atoms with E-state index in [1.165, 1.54) is 0 Å². The van der Waals surface area contributed by atoms with Gasteiger partial charge < -0.3 is 4.74 Å². The predicted octanol–water partition coefficient (Wildman–Crippen LogP) is 0.665. The van der Waals surface area contributed by atoms with Crippen LogP contribution in [0.5, 0.6) is 0 Å². The van der Waals surface area contributed by atoms with Gasteiger partial charge in [0.15, 0.2) is 0 Å². The summed E-state index contributed by atoms with van der Waals surface area (Å²) in [6.45, 7) is 2.86. The normalized spacial score (nSPS) is 30.6. The Bertz CT molecular complexity index is 250. The van der Waals surface area contributed by atoms with Crippen LogP contribution in [0.2, 0.25) is 0 Å². The van der Waals surface area contributed by atoms with Crippen LogP contribution in [0.4, 0.5) is 0 Å². The van der Waals surface area contributed by atoms with E-state index >= 15 is 0 Å². The van der Waals surface area contributed by atoms with Gasteiger partial charge in [0.2, 0.25) is 0 Å². The smallest absolute Gasteiger partial charge is 0.132 e. The second-order valence-corrected chi connectivity index (χ2v) is 2.89. The number of rotatable bonds is 1. The minimum atomic E-state index is -0.0682. The molecule has 1 fully saturated rings. The molecule has 2 rings (SSSR count). The van der Waals surface area contributed by atoms with Crippen LogP contribution < -0.4 is 0 Å². The molecular formula is C7H10N2O. The second-order valence-electron chi connectivity index (χ2n) is 2.89. The molecule has 1 aliphatic heterocycles. The van der Waals surface area contributed by atoms with Gasteiger partial charge in [0.25, 0.3) is 0 Å². The summed E-state index contributed by atoms with van der Waals surface area (Å²) in [6.07, 6.45) is 1.93. The molecule has 0 amide bonds. The zero-order valence-electron chi connectivity index (χ0n) is 6.16. The molecule has 1 saturated heterocycles. The Balaban J connectivity index is 2.34. The quantitative estimate of drug-likeness (QED) is 0.534. The highest BCUT2D eigenvalue weighted by Gasteiger charge is 2.43. The van der Waals surface area contributed by atoms with Crippen molar-refractivity contribution >= 4 is 0 Å². The Hall–Kier alpha value is -0.830. The van der Waals surface area contributed by atoms with Gasteiger partial charge in [-0.2, -0.15) is 5.10 Å².